The zero-order chi connectivity index (χ0) is 13.9. The van der Waals surface area contributed by atoms with E-state index >= 15 is 0 Å². The molecule has 0 bridgehead atoms. The summed E-state index contributed by atoms with van der Waals surface area (Å²) < 4.78 is 29.1. The summed E-state index contributed by atoms with van der Waals surface area (Å²) in [4.78, 5) is 24.0. The Morgan fingerprint density at radius 1 is 1.56 bits per heavy atom. The molecule has 100 valence electrons. The number of esters is 1. The Labute approximate surface area is 108 Å². The number of carbonyl (C=O) groups is 1. The molecule has 0 radical (unpaired) electrons. The summed E-state index contributed by atoms with van der Waals surface area (Å²) in [6.45, 7) is -0.435. The third-order valence-corrected chi connectivity index (χ3v) is 4.18. The van der Waals surface area contributed by atoms with Crippen LogP contribution in [-0.2, 0) is 19.6 Å². The van der Waals surface area contributed by atoms with E-state index in [0.29, 0.717) is 0 Å². The van der Waals surface area contributed by atoms with Crippen molar-refractivity contribution in [3.8, 4) is 0 Å². The highest BCUT2D eigenvalue weighted by atomic mass is 35.5. The number of H-pyrrole nitrogens is 1. The lowest BCUT2D eigenvalue weighted by molar-refractivity contribution is -0.140. The van der Waals surface area contributed by atoms with Crippen LogP contribution in [0.2, 0.25) is 5.02 Å². The van der Waals surface area contributed by atoms with E-state index in [1.165, 1.54) is 7.05 Å². The van der Waals surface area contributed by atoms with Crippen LogP contribution in [0, 0.1) is 0 Å². The molecule has 0 saturated carbocycles. The van der Waals surface area contributed by atoms with Crippen LogP contribution in [0.15, 0.2) is 22.0 Å². The number of hydrogen-bond acceptors (Lipinski definition) is 5. The van der Waals surface area contributed by atoms with Gasteiger partial charge in [0.25, 0.3) is 5.56 Å². The van der Waals surface area contributed by atoms with E-state index < -0.39 is 28.1 Å². The highest BCUT2D eigenvalue weighted by Gasteiger charge is 2.24. The molecular weight excluding hydrogens is 284 g/mol. The number of nitrogens with one attached hydrogen (secondary N) is 1. The second kappa shape index (κ2) is 5.51. The van der Waals surface area contributed by atoms with E-state index in [4.69, 9.17) is 11.6 Å². The maximum absolute atomic E-state index is 12.0. The summed E-state index contributed by atoms with van der Waals surface area (Å²) in [6, 6.07) is 1.02. The van der Waals surface area contributed by atoms with Gasteiger partial charge >= 0.3 is 5.97 Å². The molecule has 1 heterocycles. The van der Waals surface area contributed by atoms with Gasteiger partial charge in [-0.1, -0.05) is 11.6 Å². The van der Waals surface area contributed by atoms with Crippen molar-refractivity contribution in [1.82, 2.24) is 9.29 Å². The molecule has 0 spiro atoms. The lowest BCUT2D eigenvalue weighted by Crippen LogP contribution is -2.33. The third-order valence-electron chi connectivity index (χ3n) is 2.12. The maximum atomic E-state index is 12.0. The molecule has 1 N–H and O–H groups in total. The van der Waals surface area contributed by atoms with Crippen molar-refractivity contribution in [2.24, 2.45) is 0 Å². The highest BCUT2D eigenvalue weighted by molar-refractivity contribution is 7.89. The van der Waals surface area contributed by atoms with Crippen LogP contribution in [0.5, 0.6) is 0 Å². The predicted octanol–water partition coefficient (Wildman–Crippen LogP) is -0.178. The molecule has 7 nitrogen and oxygen atoms in total. The minimum absolute atomic E-state index is 0.210. The Morgan fingerprint density at radius 2 is 2.17 bits per heavy atom. The normalized spacial score (nSPS) is 11.6. The minimum atomic E-state index is -3.91. The van der Waals surface area contributed by atoms with Crippen LogP contribution in [-0.4, -0.2) is 44.4 Å². The minimum Gasteiger partial charge on any atom is -0.468 e. The van der Waals surface area contributed by atoms with E-state index in [2.05, 4.69) is 9.72 Å². The first-order chi connectivity index (χ1) is 8.28. The van der Waals surface area contributed by atoms with Gasteiger partial charge in [-0.2, -0.15) is 4.31 Å². The number of halogens is 1. The van der Waals surface area contributed by atoms with Crippen molar-refractivity contribution in [2.75, 3.05) is 20.7 Å². The van der Waals surface area contributed by atoms with E-state index in [-0.39, 0.29) is 9.92 Å². The summed E-state index contributed by atoms with van der Waals surface area (Å²) in [5.74, 6) is -0.698. The lowest BCUT2D eigenvalue weighted by atomic mass is 10.5. The molecule has 1 aromatic heterocycles. The molecule has 9 heteroatoms. The number of ether oxygens (including phenoxy) is 1. The zero-order valence-corrected chi connectivity index (χ0v) is 11.2. The monoisotopic (exact) mass is 294 g/mol. The number of methoxy groups -OCH3 is 1. The fraction of sp³-hybridized carbons (Fsp3) is 0.333. The Morgan fingerprint density at radius 3 is 2.67 bits per heavy atom. The Balaban J connectivity index is 3.09. The van der Waals surface area contributed by atoms with Gasteiger partial charge < -0.3 is 9.72 Å². The Kier molecular flexibility index (Phi) is 4.49. The molecule has 0 aliphatic carbocycles. The van der Waals surface area contributed by atoms with Crippen LogP contribution in [0.4, 0.5) is 0 Å². The molecule has 0 saturated heterocycles. The number of aromatic amines is 1. The smallest absolute Gasteiger partial charge is 0.321 e. The standard InChI is InChI=1S/C9H11ClN2O5S/c1-12(5-8(13)17-2)18(15,16)6-3-7(10)9(14)11-4-6/h3-4H,5H2,1-2H3,(H,11,14). The van der Waals surface area contributed by atoms with Crippen molar-refractivity contribution in [2.45, 2.75) is 4.90 Å². The van der Waals surface area contributed by atoms with Gasteiger partial charge in [0.05, 0.1) is 12.0 Å². The first-order valence-corrected chi connectivity index (χ1v) is 6.52. The van der Waals surface area contributed by atoms with Gasteiger partial charge in [-0.25, -0.2) is 8.42 Å². The summed E-state index contributed by atoms with van der Waals surface area (Å²) >= 11 is 5.54. The molecule has 0 aromatic carbocycles. The van der Waals surface area contributed by atoms with Gasteiger partial charge in [0.15, 0.2) is 0 Å². The van der Waals surface area contributed by atoms with Gasteiger partial charge in [0, 0.05) is 13.2 Å². The fourth-order valence-electron chi connectivity index (χ4n) is 1.10. The number of carbonyl (C=O) groups excluding carboxylic acids is 1. The Hall–Kier alpha value is -1.38. The number of pyridine rings is 1. The topological polar surface area (TPSA) is 96.5 Å². The Bertz CT molecular complexity index is 610. The predicted molar refractivity (Wildman–Crippen MR) is 63.9 cm³/mol. The number of nitrogens with zero attached hydrogens (tertiary/aromatic N) is 1. The van der Waals surface area contributed by atoms with Crippen molar-refractivity contribution in [3.05, 3.63) is 27.6 Å². The third kappa shape index (κ3) is 3.09. The fourth-order valence-corrected chi connectivity index (χ4v) is 2.44. The second-order valence-corrected chi connectivity index (χ2v) is 5.80. The molecule has 0 amide bonds. The van der Waals surface area contributed by atoms with E-state index in [0.717, 1.165) is 23.7 Å². The molecule has 0 aliphatic rings. The lowest BCUT2D eigenvalue weighted by Gasteiger charge is -2.15. The van der Waals surface area contributed by atoms with E-state index in [9.17, 15) is 18.0 Å². The molecule has 0 fully saturated rings. The first-order valence-electron chi connectivity index (χ1n) is 4.70. The van der Waals surface area contributed by atoms with Gasteiger partial charge in [-0.15, -0.1) is 0 Å². The number of likely N-dealkylation sites (N-methyl/N-ethyl adjacent to an activating group) is 1. The molecular formula is C9H11ClN2O5S. The van der Waals surface area contributed by atoms with Gasteiger partial charge in [-0.05, 0) is 6.07 Å². The maximum Gasteiger partial charge on any atom is 0.321 e. The number of hydrogen-bond donors (Lipinski definition) is 1. The molecule has 18 heavy (non-hydrogen) atoms. The molecule has 0 unspecified atom stereocenters. The van der Waals surface area contributed by atoms with Gasteiger partial charge in [0.2, 0.25) is 10.0 Å². The van der Waals surface area contributed by atoms with Crippen molar-refractivity contribution in [1.29, 1.82) is 0 Å². The molecule has 0 atom stereocenters. The second-order valence-electron chi connectivity index (χ2n) is 3.35. The number of sulfonamides is 1. The molecule has 0 aliphatic heterocycles. The largest absolute Gasteiger partial charge is 0.468 e. The van der Waals surface area contributed by atoms with Gasteiger partial charge in [-0.3, -0.25) is 9.59 Å². The van der Waals surface area contributed by atoms with Crippen molar-refractivity contribution < 1.29 is 17.9 Å². The van der Waals surface area contributed by atoms with Gasteiger partial charge in [0.1, 0.15) is 11.6 Å². The molecule has 1 aromatic rings. The quantitative estimate of drug-likeness (QED) is 0.777. The van der Waals surface area contributed by atoms with Crippen LogP contribution in [0.3, 0.4) is 0 Å². The average molecular weight is 295 g/mol. The van der Waals surface area contributed by atoms with Crippen LogP contribution >= 0.6 is 11.6 Å². The molecule has 1 rings (SSSR count). The summed E-state index contributed by atoms with van der Waals surface area (Å²) in [5, 5.41) is -0.248. The van der Waals surface area contributed by atoms with Crippen molar-refractivity contribution >= 4 is 27.6 Å². The highest BCUT2D eigenvalue weighted by Crippen LogP contribution is 2.14. The van der Waals surface area contributed by atoms with E-state index in [1.54, 1.807) is 0 Å². The SMILES string of the molecule is COC(=O)CN(C)S(=O)(=O)c1c[nH]c(=O)c(Cl)c1. The summed E-state index contributed by atoms with van der Waals surface area (Å²) in [6.07, 6.45) is 1.01. The van der Waals surface area contributed by atoms with Crippen LogP contribution < -0.4 is 5.56 Å². The summed E-state index contributed by atoms with van der Waals surface area (Å²) in [7, 11) is -1.54. The number of aromatic nitrogens is 1. The van der Waals surface area contributed by atoms with E-state index in [1.807, 2.05) is 0 Å². The van der Waals surface area contributed by atoms with Crippen molar-refractivity contribution in [3.63, 3.8) is 0 Å². The summed E-state index contributed by atoms with van der Waals surface area (Å²) in [5.41, 5.74) is -0.591. The van der Waals surface area contributed by atoms with Crippen LogP contribution in [0.25, 0.3) is 0 Å². The van der Waals surface area contributed by atoms with Crippen LogP contribution in [0.1, 0.15) is 0 Å². The zero-order valence-electron chi connectivity index (χ0n) is 9.64. The first kappa shape index (κ1) is 14.7. The number of rotatable bonds is 4. The average Bonchev–Trinajstić information content (AvgIpc) is 2.32.